The average Bonchev–Trinajstić information content (AvgIpc) is 2.67. The summed E-state index contributed by atoms with van der Waals surface area (Å²) in [5, 5.41) is 9.58. The minimum absolute atomic E-state index is 0.159. The van der Waals surface area contributed by atoms with E-state index in [0.717, 1.165) is 40.8 Å². The van der Waals surface area contributed by atoms with Crippen molar-refractivity contribution in [3.05, 3.63) is 75.6 Å². The fourth-order valence-corrected chi connectivity index (χ4v) is 3.57. The van der Waals surface area contributed by atoms with Crippen molar-refractivity contribution in [1.29, 1.82) is 5.26 Å². The number of hydrogen-bond acceptors (Lipinski definition) is 3. The first-order valence-electron chi connectivity index (χ1n) is 8.15. The van der Waals surface area contributed by atoms with Crippen molar-refractivity contribution in [2.45, 2.75) is 12.8 Å². The molecule has 122 valence electrons. The van der Waals surface area contributed by atoms with E-state index in [-0.39, 0.29) is 11.1 Å². The SMILES string of the molecule is COc1cccc(-c2c3c([nH]c(=O)c2C#N)-c2ccccc2CC3)c1. The number of aromatic amines is 1. The third-order valence-electron chi connectivity index (χ3n) is 4.72. The Balaban J connectivity index is 2.07. The maximum Gasteiger partial charge on any atom is 0.266 e. The van der Waals surface area contributed by atoms with Gasteiger partial charge >= 0.3 is 0 Å². The molecule has 0 bridgehead atoms. The number of H-pyrrole nitrogens is 1. The monoisotopic (exact) mass is 328 g/mol. The Morgan fingerprint density at radius 1 is 1.12 bits per heavy atom. The molecule has 4 heteroatoms. The number of benzene rings is 2. The number of nitrogens with zero attached hydrogens (tertiary/aromatic N) is 1. The van der Waals surface area contributed by atoms with Crippen molar-refractivity contribution < 1.29 is 4.74 Å². The largest absolute Gasteiger partial charge is 0.497 e. The van der Waals surface area contributed by atoms with Gasteiger partial charge in [0.2, 0.25) is 0 Å². The van der Waals surface area contributed by atoms with Crippen LogP contribution in [0.4, 0.5) is 0 Å². The molecule has 0 fully saturated rings. The van der Waals surface area contributed by atoms with Gasteiger partial charge in [-0.05, 0) is 41.7 Å². The van der Waals surface area contributed by atoms with Gasteiger partial charge in [0.05, 0.1) is 12.8 Å². The van der Waals surface area contributed by atoms with Crippen LogP contribution in [-0.2, 0) is 12.8 Å². The third kappa shape index (κ3) is 2.41. The second kappa shape index (κ2) is 5.95. The van der Waals surface area contributed by atoms with Gasteiger partial charge in [-0.25, -0.2) is 0 Å². The minimum atomic E-state index is -0.351. The Bertz CT molecular complexity index is 1070. The lowest BCUT2D eigenvalue weighted by Crippen LogP contribution is -2.19. The number of ether oxygens (including phenoxy) is 1. The Kier molecular flexibility index (Phi) is 3.62. The maximum atomic E-state index is 12.6. The smallest absolute Gasteiger partial charge is 0.266 e. The van der Waals surface area contributed by atoms with Crippen LogP contribution in [0.2, 0.25) is 0 Å². The summed E-state index contributed by atoms with van der Waals surface area (Å²) in [5.41, 5.74) is 5.45. The molecular weight excluding hydrogens is 312 g/mol. The number of rotatable bonds is 2. The molecular formula is C21H16N2O2. The zero-order valence-electron chi connectivity index (χ0n) is 13.8. The number of hydrogen-bond donors (Lipinski definition) is 1. The maximum absolute atomic E-state index is 12.6. The average molecular weight is 328 g/mol. The first kappa shape index (κ1) is 15.2. The van der Waals surface area contributed by atoms with Crippen molar-refractivity contribution in [3.8, 4) is 34.2 Å². The van der Waals surface area contributed by atoms with E-state index in [2.05, 4.69) is 17.1 Å². The van der Waals surface area contributed by atoms with Gasteiger partial charge in [0, 0.05) is 11.1 Å². The third-order valence-corrected chi connectivity index (χ3v) is 4.72. The van der Waals surface area contributed by atoms with E-state index in [1.54, 1.807) is 7.11 Å². The highest BCUT2D eigenvalue weighted by Crippen LogP contribution is 2.38. The molecule has 0 radical (unpaired) electrons. The predicted molar refractivity (Wildman–Crippen MR) is 96.6 cm³/mol. The molecule has 0 amide bonds. The normalized spacial score (nSPS) is 12.0. The van der Waals surface area contributed by atoms with Crippen LogP contribution in [0.25, 0.3) is 22.4 Å². The second-order valence-electron chi connectivity index (χ2n) is 6.06. The Morgan fingerprint density at radius 2 is 1.96 bits per heavy atom. The first-order chi connectivity index (χ1) is 12.2. The minimum Gasteiger partial charge on any atom is -0.497 e. The molecule has 4 nitrogen and oxygen atoms in total. The van der Waals surface area contributed by atoms with Crippen molar-refractivity contribution in [2.24, 2.45) is 0 Å². The molecule has 0 aliphatic heterocycles. The summed E-state index contributed by atoms with van der Waals surface area (Å²) >= 11 is 0. The highest BCUT2D eigenvalue weighted by atomic mass is 16.5. The van der Waals surface area contributed by atoms with Crippen LogP contribution < -0.4 is 10.3 Å². The summed E-state index contributed by atoms with van der Waals surface area (Å²) in [5.74, 6) is 0.701. The van der Waals surface area contributed by atoms with Gasteiger partial charge in [-0.2, -0.15) is 5.26 Å². The molecule has 1 aromatic heterocycles. The fraction of sp³-hybridized carbons (Fsp3) is 0.143. The molecule has 1 aliphatic carbocycles. The quantitative estimate of drug-likeness (QED) is 0.780. The zero-order chi connectivity index (χ0) is 17.4. The van der Waals surface area contributed by atoms with E-state index in [4.69, 9.17) is 4.74 Å². The summed E-state index contributed by atoms with van der Waals surface area (Å²) in [7, 11) is 1.60. The number of aryl methyl sites for hydroxylation is 1. The van der Waals surface area contributed by atoms with Gasteiger partial charge in [0.15, 0.2) is 0 Å². The number of pyridine rings is 1. The number of methoxy groups -OCH3 is 1. The van der Waals surface area contributed by atoms with E-state index >= 15 is 0 Å². The van der Waals surface area contributed by atoms with Gasteiger partial charge in [-0.3, -0.25) is 4.79 Å². The molecule has 0 saturated heterocycles. The van der Waals surface area contributed by atoms with Crippen LogP contribution in [0.15, 0.2) is 53.3 Å². The highest BCUT2D eigenvalue weighted by molar-refractivity contribution is 5.83. The lowest BCUT2D eigenvalue weighted by Gasteiger charge is -2.23. The molecule has 4 rings (SSSR count). The van der Waals surface area contributed by atoms with E-state index in [0.29, 0.717) is 5.75 Å². The molecule has 0 unspecified atom stereocenters. The van der Waals surface area contributed by atoms with Gasteiger partial charge in [0.25, 0.3) is 5.56 Å². The number of nitriles is 1. The van der Waals surface area contributed by atoms with Crippen LogP contribution in [0.1, 0.15) is 16.7 Å². The molecule has 0 atom stereocenters. The van der Waals surface area contributed by atoms with Gasteiger partial charge in [0.1, 0.15) is 17.4 Å². The van der Waals surface area contributed by atoms with Crippen LogP contribution in [-0.4, -0.2) is 12.1 Å². The van der Waals surface area contributed by atoms with E-state index in [9.17, 15) is 10.1 Å². The van der Waals surface area contributed by atoms with E-state index in [1.807, 2.05) is 42.5 Å². The van der Waals surface area contributed by atoms with Gasteiger partial charge in [-0.15, -0.1) is 0 Å². The number of fused-ring (bicyclic) bond motifs is 3. The summed E-state index contributed by atoms with van der Waals surface area (Å²) in [6.45, 7) is 0. The first-order valence-corrected chi connectivity index (χ1v) is 8.15. The summed E-state index contributed by atoms with van der Waals surface area (Å²) in [6, 6.07) is 17.7. The molecule has 1 aliphatic rings. The lowest BCUT2D eigenvalue weighted by atomic mass is 9.83. The van der Waals surface area contributed by atoms with Crippen LogP contribution in [0.3, 0.4) is 0 Å². The van der Waals surface area contributed by atoms with E-state index < -0.39 is 0 Å². The molecule has 1 N–H and O–H groups in total. The molecule has 3 aromatic rings. The predicted octanol–water partition coefficient (Wildman–Crippen LogP) is 3.69. The van der Waals surface area contributed by atoms with Crippen molar-refractivity contribution in [2.75, 3.05) is 7.11 Å². The summed E-state index contributed by atoms with van der Waals surface area (Å²) in [6.07, 6.45) is 1.67. The number of aromatic nitrogens is 1. The zero-order valence-corrected chi connectivity index (χ0v) is 13.8. The molecule has 25 heavy (non-hydrogen) atoms. The van der Waals surface area contributed by atoms with Crippen molar-refractivity contribution >= 4 is 0 Å². The highest BCUT2D eigenvalue weighted by Gasteiger charge is 2.24. The summed E-state index contributed by atoms with van der Waals surface area (Å²) < 4.78 is 5.31. The molecule has 0 spiro atoms. The van der Waals surface area contributed by atoms with Crippen molar-refractivity contribution in [1.82, 2.24) is 4.98 Å². The summed E-state index contributed by atoms with van der Waals surface area (Å²) in [4.78, 5) is 15.5. The lowest BCUT2D eigenvalue weighted by molar-refractivity contribution is 0.415. The Hall–Kier alpha value is -3.32. The van der Waals surface area contributed by atoms with Gasteiger partial charge < -0.3 is 9.72 Å². The molecule has 2 aromatic carbocycles. The Labute approximate surface area is 145 Å². The van der Waals surface area contributed by atoms with Crippen LogP contribution in [0, 0.1) is 11.3 Å². The van der Waals surface area contributed by atoms with Crippen LogP contribution >= 0.6 is 0 Å². The Morgan fingerprint density at radius 3 is 2.76 bits per heavy atom. The second-order valence-corrected chi connectivity index (χ2v) is 6.06. The van der Waals surface area contributed by atoms with Crippen molar-refractivity contribution in [3.63, 3.8) is 0 Å². The fourth-order valence-electron chi connectivity index (χ4n) is 3.57. The molecule has 1 heterocycles. The van der Waals surface area contributed by atoms with Gasteiger partial charge in [-0.1, -0.05) is 36.4 Å². The topological polar surface area (TPSA) is 65.9 Å². The standard InChI is InChI=1S/C21H16N2O2/c1-25-15-7-4-6-14(11-15)19-17-10-9-13-5-2-3-8-16(13)20(17)23-21(24)18(19)12-22/h2-8,11H,9-10H2,1H3,(H,23,24). The number of nitrogens with one attached hydrogen (secondary N) is 1. The molecule has 0 saturated carbocycles. The van der Waals surface area contributed by atoms with E-state index in [1.165, 1.54) is 5.56 Å². The van der Waals surface area contributed by atoms with Crippen LogP contribution in [0.5, 0.6) is 5.75 Å².